The van der Waals surface area contributed by atoms with Crippen molar-refractivity contribution in [2.45, 2.75) is 0 Å². The van der Waals surface area contributed by atoms with Crippen molar-refractivity contribution in [2.24, 2.45) is 0 Å². The molecular formula is C15H16N2O3. The second kappa shape index (κ2) is 5.38. The Morgan fingerprint density at radius 1 is 1.05 bits per heavy atom. The molecule has 2 heterocycles. The minimum Gasteiger partial charge on any atom is -0.451 e. The maximum atomic E-state index is 12.3. The van der Waals surface area contributed by atoms with Gasteiger partial charge < -0.3 is 19.8 Å². The summed E-state index contributed by atoms with van der Waals surface area (Å²) in [6, 6.07) is 10.9. The third-order valence-corrected chi connectivity index (χ3v) is 3.31. The first-order valence-corrected chi connectivity index (χ1v) is 6.57. The molecule has 20 heavy (non-hydrogen) atoms. The van der Waals surface area contributed by atoms with Crippen LogP contribution in [0.5, 0.6) is 0 Å². The topological polar surface area (TPSA) is 68.7 Å². The Balaban J connectivity index is 1.79. The number of morpholine rings is 1. The van der Waals surface area contributed by atoms with E-state index >= 15 is 0 Å². The number of rotatable bonds is 2. The summed E-state index contributed by atoms with van der Waals surface area (Å²) in [4.78, 5) is 14.0. The van der Waals surface area contributed by atoms with Gasteiger partial charge in [-0.1, -0.05) is 0 Å². The van der Waals surface area contributed by atoms with Crippen LogP contribution in [0.2, 0.25) is 0 Å². The molecule has 3 rings (SSSR count). The second-order valence-electron chi connectivity index (χ2n) is 4.69. The summed E-state index contributed by atoms with van der Waals surface area (Å²) in [5.74, 6) is 0.940. The van der Waals surface area contributed by atoms with Gasteiger partial charge in [-0.2, -0.15) is 0 Å². The Morgan fingerprint density at radius 2 is 1.75 bits per heavy atom. The number of benzene rings is 1. The molecule has 1 aliphatic rings. The number of anilines is 1. The van der Waals surface area contributed by atoms with Gasteiger partial charge in [-0.05, 0) is 36.4 Å². The minimum absolute atomic E-state index is 0.0880. The molecule has 1 fully saturated rings. The third-order valence-electron chi connectivity index (χ3n) is 3.31. The average Bonchev–Trinajstić information content (AvgIpc) is 2.98. The van der Waals surface area contributed by atoms with E-state index < -0.39 is 0 Å². The van der Waals surface area contributed by atoms with Gasteiger partial charge in [0.15, 0.2) is 5.76 Å². The number of carbonyl (C=O) groups is 1. The maximum absolute atomic E-state index is 12.3. The van der Waals surface area contributed by atoms with Crippen LogP contribution >= 0.6 is 0 Å². The van der Waals surface area contributed by atoms with Crippen molar-refractivity contribution < 1.29 is 13.9 Å². The van der Waals surface area contributed by atoms with E-state index in [1.807, 2.05) is 12.1 Å². The zero-order chi connectivity index (χ0) is 13.9. The number of amides is 1. The average molecular weight is 272 g/mol. The number of furan rings is 1. The number of nitrogen functional groups attached to an aromatic ring is 1. The molecule has 0 saturated carbocycles. The van der Waals surface area contributed by atoms with Crippen LogP contribution in [0.4, 0.5) is 5.69 Å². The van der Waals surface area contributed by atoms with Gasteiger partial charge in [0.05, 0.1) is 13.2 Å². The third kappa shape index (κ3) is 2.53. The highest BCUT2D eigenvalue weighted by Crippen LogP contribution is 2.24. The first-order valence-electron chi connectivity index (χ1n) is 6.57. The molecular weight excluding hydrogens is 256 g/mol. The summed E-state index contributed by atoms with van der Waals surface area (Å²) < 4.78 is 10.9. The number of hydrogen-bond acceptors (Lipinski definition) is 4. The number of nitrogens with two attached hydrogens (primary N) is 1. The van der Waals surface area contributed by atoms with Crippen LogP contribution in [0.25, 0.3) is 11.3 Å². The fourth-order valence-electron chi connectivity index (χ4n) is 2.18. The van der Waals surface area contributed by atoms with Gasteiger partial charge in [-0.15, -0.1) is 0 Å². The van der Waals surface area contributed by atoms with Crippen LogP contribution in [0.1, 0.15) is 10.6 Å². The summed E-state index contributed by atoms with van der Waals surface area (Å²) in [6.07, 6.45) is 0. The van der Waals surface area contributed by atoms with Crippen molar-refractivity contribution >= 4 is 11.6 Å². The smallest absolute Gasteiger partial charge is 0.289 e. The highest BCUT2D eigenvalue weighted by atomic mass is 16.5. The van der Waals surface area contributed by atoms with Crippen LogP contribution in [-0.4, -0.2) is 37.1 Å². The fourth-order valence-corrected chi connectivity index (χ4v) is 2.18. The van der Waals surface area contributed by atoms with E-state index in [0.717, 1.165) is 5.56 Å². The number of nitrogens with zero attached hydrogens (tertiary/aromatic N) is 1. The van der Waals surface area contributed by atoms with Crippen molar-refractivity contribution in [3.05, 3.63) is 42.2 Å². The van der Waals surface area contributed by atoms with Gasteiger partial charge in [-0.3, -0.25) is 4.79 Å². The van der Waals surface area contributed by atoms with Crippen molar-refractivity contribution in [3.8, 4) is 11.3 Å². The minimum atomic E-state index is -0.0880. The number of hydrogen-bond donors (Lipinski definition) is 1. The Morgan fingerprint density at radius 3 is 2.45 bits per heavy atom. The van der Waals surface area contributed by atoms with E-state index in [1.165, 1.54) is 0 Å². The molecule has 0 spiro atoms. The van der Waals surface area contributed by atoms with E-state index in [9.17, 15) is 4.79 Å². The molecule has 2 N–H and O–H groups in total. The molecule has 1 aromatic carbocycles. The zero-order valence-electron chi connectivity index (χ0n) is 11.0. The molecule has 104 valence electrons. The van der Waals surface area contributed by atoms with Crippen LogP contribution < -0.4 is 5.73 Å². The molecule has 2 aromatic rings. The van der Waals surface area contributed by atoms with E-state index in [2.05, 4.69) is 0 Å². The van der Waals surface area contributed by atoms with Gasteiger partial charge in [0, 0.05) is 24.3 Å². The Kier molecular flexibility index (Phi) is 3.43. The van der Waals surface area contributed by atoms with Crippen LogP contribution in [0.3, 0.4) is 0 Å². The van der Waals surface area contributed by atoms with Crippen LogP contribution in [0, 0.1) is 0 Å². The largest absolute Gasteiger partial charge is 0.451 e. The summed E-state index contributed by atoms with van der Waals surface area (Å²) in [7, 11) is 0. The first-order chi connectivity index (χ1) is 9.74. The first kappa shape index (κ1) is 12.7. The molecule has 5 heteroatoms. The summed E-state index contributed by atoms with van der Waals surface area (Å²) in [6.45, 7) is 2.38. The SMILES string of the molecule is Nc1ccc(-c2ccc(C(=O)N3CCOCC3)o2)cc1. The highest BCUT2D eigenvalue weighted by Gasteiger charge is 2.21. The van der Waals surface area contributed by atoms with E-state index in [-0.39, 0.29) is 5.91 Å². The lowest BCUT2D eigenvalue weighted by Gasteiger charge is -2.25. The molecule has 0 atom stereocenters. The fraction of sp³-hybridized carbons (Fsp3) is 0.267. The second-order valence-corrected chi connectivity index (χ2v) is 4.69. The Labute approximate surface area is 116 Å². The molecule has 0 bridgehead atoms. The molecule has 1 amide bonds. The highest BCUT2D eigenvalue weighted by molar-refractivity contribution is 5.92. The van der Waals surface area contributed by atoms with Gasteiger partial charge in [0.25, 0.3) is 5.91 Å². The van der Waals surface area contributed by atoms with E-state index in [0.29, 0.717) is 43.5 Å². The molecule has 1 saturated heterocycles. The van der Waals surface area contributed by atoms with Crippen molar-refractivity contribution in [1.29, 1.82) is 0 Å². The standard InChI is InChI=1S/C15H16N2O3/c16-12-3-1-11(2-4-12)13-5-6-14(20-13)15(18)17-7-9-19-10-8-17/h1-6H,7-10,16H2. The summed E-state index contributed by atoms with van der Waals surface area (Å²) in [5, 5.41) is 0. The monoisotopic (exact) mass is 272 g/mol. The van der Waals surface area contributed by atoms with Gasteiger partial charge in [0.1, 0.15) is 5.76 Å². The van der Waals surface area contributed by atoms with Gasteiger partial charge in [-0.25, -0.2) is 0 Å². The predicted octanol–water partition coefficient (Wildman–Crippen LogP) is 2.00. The molecule has 0 radical (unpaired) electrons. The summed E-state index contributed by atoms with van der Waals surface area (Å²) in [5.41, 5.74) is 7.25. The Bertz CT molecular complexity index is 598. The van der Waals surface area contributed by atoms with Crippen molar-refractivity contribution in [2.75, 3.05) is 32.0 Å². The van der Waals surface area contributed by atoms with E-state index in [1.54, 1.807) is 29.2 Å². The molecule has 5 nitrogen and oxygen atoms in total. The lowest BCUT2D eigenvalue weighted by atomic mass is 10.1. The van der Waals surface area contributed by atoms with Gasteiger partial charge >= 0.3 is 0 Å². The summed E-state index contributed by atoms with van der Waals surface area (Å²) >= 11 is 0. The number of ether oxygens (including phenoxy) is 1. The zero-order valence-corrected chi connectivity index (χ0v) is 11.0. The van der Waals surface area contributed by atoms with Gasteiger partial charge in [0.2, 0.25) is 0 Å². The molecule has 0 aliphatic carbocycles. The maximum Gasteiger partial charge on any atom is 0.289 e. The normalized spacial score (nSPS) is 15.3. The van der Waals surface area contributed by atoms with Crippen molar-refractivity contribution in [1.82, 2.24) is 4.90 Å². The number of carbonyl (C=O) groups excluding carboxylic acids is 1. The molecule has 1 aromatic heterocycles. The predicted molar refractivity (Wildman–Crippen MR) is 75.3 cm³/mol. The van der Waals surface area contributed by atoms with Crippen LogP contribution in [-0.2, 0) is 4.74 Å². The lowest BCUT2D eigenvalue weighted by molar-refractivity contribution is 0.0283. The molecule has 0 unspecified atom stereocenters. The lowest BCUT2D eigenvalue weighted by Crippen LogP contribution is -2.40. The van der Waals surface area contributed by atoms with Crippen molar-refractivity contribution in [3.63, 3.8) is 0 Å². The quantitative estimate of drug-likeness (QED) is 0.849. The Hall–Kier alpha value is -2.27. The van der Waals surface area contributed by atoms with E-state index in [4.69, 9.17) is 14.9 Å². The van der Waals surface area contributed by atoms with Crippen LogP contribution in [0.15, 0.2) is 40.8 Å². The molecule has 1 aliphatic heterocycles.